The molecule has 0 radical (unpaired) electrons. The summed E-state index contributed by atoms with van der Waals surface area (Å²) in [6, 6.07) is 8.06. The summed E-state index contributed by atoms with van der Waals surface area (Å²) in [5.74, 6) is 0.968. The number of rotatable bonds is 10. The molecule has 1 rings (SSSR count). The van der Waals surface area contributed by atoms with Crippen LogP contribution in [0, 0.1) is 0 Å². The molecule has 4 nitrogen and oxygen atoms in total. The van der Waals surface area contributed by atoms with Gasteiger partial charge >= 0.3 is 0 Å². The minimum atomic E-state index is 0.0953. The molecule has 1 aromatic carbocycles. The SMILES string of the molecule is CCCCC(NC(=O)CCCNC)c1ccc(OC)cc1. The van der Waals surface area contributed by atoms with E-state index in [0.29, 0.717) is 6.42 Å². The second-order valence-corrected chi connectivity index (χ2v) is 5.24. The van der Waals surface area contributed by atoms with Crippen LogP contribution < -0.4 is 15.4 Å². The number of nitrogens with one attached hydrogen (secondary N) is 2. The predicted octanol–water partition coefficient (Wildman–Crippen LogP) is 3.04. The van der Waals surface area contributed by atoms with E-state index in [1.165, 1.54) is 0 Å². The van der Waals surface area contributed by atoms with Gasteiger partial charge in [-0.2, -0.15) is 0 Å². The molecule has 0 bridgehead atoms. The van der Waals surface area contributed by atoms with Crippen LogP contribution in [0.3, 0.4) is 0 Å². The molecule has 0 aliphatic carbocycles. The largest absolute Gasteiger partial charge is 0.497 e. The van der Waals surface area contributed by atoms with Gasteiger partial charge in [0, 0.05) is 6.42 Å². The van der Waals surface area contributed by atoms with Crippen LogP contribution in [-0.4, -0.2) is 26.6 Å². The number of hydrogen-bond acceptors (Lipinski definition) is 3. The minimum absolute atomic E-state index is 0.0953. The Balaban J connectivity index is 2.63. The molecule has 118 valence electrons. The third-order valence-corrected chi connectivity index (χ3v) is 3.53. The standard InChI is InChI=1S/C17H28N2O2/c1-4-5-7-16(19-17(20)8-6-13-18-2)14-9-11-15(21-3)12-10-14/h9-12,16,18H,4-8,13H2,1-3H3,(H,19,20). The van der Waals surface area contributed by atoms with E-state index in [9.17, 15) is 4.79 Å². The van der Waals surface area contributed by atoms with Crippen LogP contribution in [-0.2, 0) is 4.79 Å². The fourth-order valence-electron chi connectivity index (χ4n) is 2.26. The third-order valence-electron chi connectivity index (χ3n) is 3.53. The number of amides is 1. The summed E-state index contributed by atoms with van der Waals surface area (Å²) in [6.45, 7) is 3.04. The van der Waals surface area contributed by atoms with E-state index in [2.05, 4.69) is 17.6 Å². The third kappa shape index (κ3) is 6.63. The van der Waals surface area contributed by atoms with Gasteiger partial charge < -0.3 is 15.4 Å². The molecule has 0 saturated heterocycles. The van der Waals surface area contributed by atoms with Gasteiger partial charge in [-0.15, -0.1) is 0 Å². The van der Waals surface area contributed by atoms with Gasteiger partial charge in [0.25, 0.3) is 0 Å². The maximum absolute atomic E-state index is 12.0. The van der Waals surface area contributed by atoms with Gasteiger partial charge in [0.1, 0.15) is 5.75 Å². The molecule has 0 saturated carbocycles. The fourth-order valence-corrected chi connectivity index (χ4v) is 2.26. The quantitative estimate of drug-likeness (QED) is 0.652. The average Bonchev–Trinajstić information content (AvgIpc) is 2.52. The molecule has 0 fully saturated rings. The summed E-state index contributed by atoms with van der Waals surface area (Å²) >= 11 is 0. The molecular formula is C17H28N2O2. The molecule has 1 atom stereocenters. The van der Waals surface area contributed by atoms with Crippen molar-refractivity contribution in [3.8, 4) is 5.75 Å². The number of benzene rings is 1. The maximum atomic E-state index is 12.0. The topological polar surface area (TPSA) is 50.4 Å². The van der Waals surface area contributed by atoms with E-state index in [0.717, 1.165) is 43.5 Å². The molecule has 1 unspecified atom stereocenters. The first kappa shape index (κ1) is 17.5. The van der Waals surface area contributed by atoms with Gasteiger partial charge in [0.05, 0.1) is 13.2 Å². The average molecular weight is 292 g/mol. The predicted molar refractivity (Wildman–Crippen MR) is 86.6 cm³/mol. The molecule has 1 aromatic rings. The number of ether oxygens (including phenoxy) is 1. The van der Waals surface area contributed by atoms with Crippen molar-refractivity contribution in [2.45, 2.75) is 45.1 Å². The molecule has 0 aliphatic heterocycles. The molecule has 0 aromatic heterocycles. The van der Waals surface area contributed by atoms with Crippen LogP contribution in [0.1, 0.15) is 50.6 Å². The van der Waals surface area contributed by atoms with Crippen molar-refractivity contribution < 1.29 is 9.53 Å². The summed E-state index contributed by atoms with van der Waals surface area (Å²) in [5.41, 5.74) is 1.14. The monoisotopic (exact) mass is 292 g/mol. The Morgan fingerprint density at radius 2 is 1.95 bits per heavy atom. The highest BCUT2D eigenvalue weighted by molar-refractivity contribution is 5.76. The highest BCUT2D eigenvalue weighted by Crippen LogP contribution is 2.22. The normalized spacial score (nSPS) is 12.0. The number of carbonyl (C=O) groups excluding carboxylic acids is 1. The van der Waals surface area contributed by atoms with Gasteiger partial charge in [0.2, 0.25) is 5.91 Å². The van der Waals surface area contributed by atoms with Crippen LogP contribution >= 0.6 is 0 Å². The highest BCUT2D eigenvalue weighted by Gasteiger charge is 2.14. The highest BCUT2D eigenvalue weighted by atomic mass is 16.5. The second kappa shape index (κ2) is 10.2. The molecule has 2 N–H and O–H groups in total. The maximum Gasteiger partial charge on any atom is 0.220 e. The first-order valence-corrected chi connectivity index (χ1v) is 7.79. The summed E-state index contributed by atoms with van der Waals surface area (Å²) in [5, 5.41) is 6.22. The molecule has 4 heteroatoms. The summed E-state index contributed by atoms with van der Waals surface area (Å²) in [6.07, 6.45) is 4.64. The zero-order valence-electron chi connectivity index (χ0n) is 13.4. The lowest BCUT2D eigenvalue weighted by Crippen LogP contribution is -2.29. The van der Waals surface area contributed by atoms with Crippen LogP contribution in [0.25, 0.3) is 0 Å². The van der Waals surface area contributed by atoms with Crippen LogP contribution in [0.4, 0.5) is 0 Å². The molecule has 0 spiro atoms. The molecular weight excluding hydrogens is 264 g/mol. The Morgan fingerprint density at radius 3 is 2.52 bits per heavy atom. The van der Waals surface area contributed by atoms with Crippen molar-refractivity contribution in [3.63, 3.8) is 0 Å². The zero-order chi connectivity index (χ0) is 15.5. The Bertz CT molecular complexity index is 404. The van der Waals surface area contributed by atoms with Gasteiger partial charge in [-0.1, -0.05) is 31.9 Å². The zero-order valence-corrected chi connectivity index (χ0v) is 13.4. The van der Waals surface area contributed by atoms with Crippen LogP contribution in [0.5, 0.6) is 5.75 Å². The first-order valence-electron chi connectivity index (χ1n) is 7.79. The van der Waals surface area contributed by atoms with E-state index < -0.39 is 0 Å². The Morgan fingerprint density at radius 1 is 1.24 bits per heavy atom. The Kier molecular flexibility index (Phi) is 8.51. The van der Waals surface area contributed by atoms with Crippen molar-refractivity contribution in [1.29, 1.82) is 0 Å². The molecule has 1 amide bonds. The number of methoxy groups -OCH3 is 1. The van der Waals surface area contributed by atoms with Gasteiger partial charge in [-0.3, -0.25) is 4.79 Å². The number of unbranched alkanes of at least 4 members (excludes halogenated alkanes) is 1. The Labute approximate surface area is 128 Å². The van der Waals surface area contributed by atoms with Crippen molar-refractivity contribution in [1.82, 2.24) is 10.6 Å². The Hall–Kier alpha value is -1.55. The number of carbonyl (C=O) groups is 1. The van der Waals surface area contributed by atoms with E-state index in [4.69, 9.17) is 4.74 Å². The molecule has 0 heterocycles. The van der Waals surface area contributed by atoms with Crippen molar-refractivity contribution >= 4 is 5.91 Å². The van der Waals surface area contributed by atoms with E-state index >= 15 is 0 Å². The second-order valence-electron chi connectivity index (χ2n) is 5.24. The van der Waals surface area contributed by atoms with Gasteiger partial charge in [-0.25, -0.2) is 0 Å². The minimum Gasteiger partial charge on any atom is -0.497 e. The van der Waals surface area contributed by atoms with Crippen molar-refractivity contribution in [2.75, 3.05) is 20.7 Å². The lowest BCUT2D eigenvalue weighted by molar-refractivity contribution is -0.122. The summed E-state index contributed by atoms with van der Waals surface area (Å²) < 4.78 is 5.18. The van der Waals surface area contributed by atoms with Gasteiger partial charge in [0.15, 0.2) is 0 Å². The lowest BCUT2D eigenvalue weighted by Gasteiger charge is -2.19. The summed E-state index contributed by atoms with van der Waals surface area (Å²) in [7, 11) is 3.56. The smallest absolute Gasteiger partial charge is 0.220 e. The van der Waals surface area contributed by atoms with Crippen LogP contribution in [0.15, 0.2) is 24.3 Å². The van der Waals surface area contributed by atoms with Crippen molar-refractivity contribution in [3.05, 3.63) is 29.8 Å². The summed E-state index contributed by atoms with van der Waals surface area (Å²) in [4.78, 5) is 12.0. The first-order chi connectivity index (χ1) is 10.2. The van der Waals surface area contributed by atoms with Crippen molar-refractivity contribution in [2.24, 2.45) is 0 Å². The van der Waals surface area contributed by atoms with E-state index in [1.54, 1.807) is 7.11 Å². The number of hydrogen-bond donors (Lipinski definition) is 2. The van der Waals surface area contributed by atoms with Crippen LogP contribution in [0.2, 0.25) is 0 Å². The van der Waals surface area contributed by atoms with E-state index in [1.807, 2.05) is 31.3 Å². The molecule has 21 heavy (non-hydrogen) atoms. The lowest BCUT2D eigenvalue weighted by atomic mass is 10.0. The van der Waals surface area contributed by atoms with E-state index in [-0.39, 0.29) is 11.9 Å². The fraction of sp³-hybridized carbons (Fsp3) is 0.588. The molecule has 0 aliphatic rings. The van der Waals surface area contributed by atoms with Gasteiger partial charge in [-0.05, 0) is 44.1 Å².